The first-order valence-electron chi connectivity index (χ1n) is 5.27. The van der Waals surface area contributed by atoms with Crippen molar-refractivity contribution in [3.63, 3.8) is 0 Å². The number of halogens is 2. The number of carbonyl (C=O) groups is 1. The molecular formula is C12H13Br2NO. The zero-order chi connectivity index (χ0) is 11.7. The third-order valence-corrected chi connectivity index (χ3v) is 4.44. The minimum absolute atomic E-state index is 0.127. The Morgan fingerprint density at radius 2 is 2.25 bits per heavy atom. The fraction of sp³-hybridized carbons (Fsp3) is 0.417. The molecule has 0 aliphatic carbocycles. The molecule has 1 fully saturated rings. The summed E-state index contributed by atoms with van der Waals surface area (Å²) in [6, 6.07) is 5.77. The summed E-state index contributed by atoms with van der Waals surface area (Å²) < 4.78 is 0.993. The van der Waals surface area contributed by atoms with Gasteiger partial charge >= 0.3 is 0 Å². The summed E-state index contributed by atoms with van der Waals surface area (Å²) in [6.07, 6.45) is 1.04. The highest BCUT2D eigenvalue weighted by molar-refractivity contribution is 9.10. The number of benzene rings is 1. The van der Waals surface area contributed by atoms with Crippen molar-refractivity contribution >= 4 is 37.8 Å². The molecule has 1 aromatic carbocycles. The van der Waals surface area contributed by atoms with Gasteiger partial charge in [0.05, 0.1) is 0 Å². The van der Waals surface area contributed by atoms with E-state index in [1.807, 2.05) is 30.0 Å². The largest absolute Gasteiger partial charge is 0.337 e. The molecule has 16 heavy (non-hydrogen) atoms. The highest BCUT2D eigenvalue weighted by atomic mass is 79.9. The number of aryl methyl sites for hydroxylation is 1. The Bertz CT molecular complexity index is 419. The number of likely N-dealkylation sites (tertiary alicyclic amines) is 1. The molecule has 1 amide bonds. The van der Waals surface area contributed by atoms with E-state index < -0.39 is 0 Å². The number of amides is 1. The zero-order valence-electron chi connectivity index (χ0n) is 9.04. The van der Waals surface area contributed by atoms with Crippen LogP contribution in [-0.2, 0) is 0 Å². The van der Waals surface area contributed by atoms with Crippen molar-refractivity contribution in [3.05, 3.63) is 33.8 Å². The van der Waals surface area contributed by atoms with E-state index in [4.69, 9.17) is 0 Å². The smallest absolute Gasteiger partial charge is 0.253 e. The third-order valence-electron chi connectivity index (χ3n) is 2.84. The quantitative estimate of drug-likeness (QED) is 0.714. The normalized spacial score (nSPS) is 20.2. The van der Waals surface area contributed by atoms with Gasteiger partial charge in [-0.1, -0.05) is 37.9 Å². The summed E-state index contributed by atoms with van der Waals surface area (Å²) in [6.45, 7) is 3.67. The van der Waals surface area contributed by atoms with Crippen LogP contribution in [0.3, 0.4) is 0 Å². The van der Waals surface area contributed by atoms with Gasteiger partial charge in [-0.05, 0) is 31.0 Å². The molecule has 1 saturated heterocycles. The first-order valence-corrected chi connectivity index (χ1v) is 6.98. The number of hydrogen-bond donors (Lipinski definition) is 0. The molecule has 0 spiro atoms. The minimum atomic E-state index is 0.127. The molecule has 0 aromatic heterocycles. The molecular weight excluding hydrogens is 334 g/mol. The lowest BCUT2D eigenvalue weighted by Gasteiger charge is -2.16. The van der Waals surface area contributed by atoms with E-state index in [1.165, 1.54) is 0 Å². The van der Waals surface area contributed by atoms with E-state index >= 15 is 0 Å². The molecule has 1 aliphatic rings. The molecule has 0 N–H and O–H groups in total. The molecule has 1 unspecified atom stereocenters. The van der Waals surface area contributed by atoms with Gasteiger partial charge in [-0.3, -0.25) is 4.79 Å². The standard InChI is InChI=1S/C12H13Br2NO/c1-8-2-3-9(6-11(8)14)12(16)15-5-4-10(13)7-15/h2-3,6,10H,4-5,7H2,1H3. The second-order valence-electron chi connectivity index (χ2n) is 4.10. The van der Waals surface area contributed by atoms with Crippen molar-refractivity contribution < 1.29 is 4.79 Å². The van der Waals surface area contributed by atoms with Crippen molar-refractivity contribution in [2.45, 2.75) is 18.2 Å². The van der Waals surface area contributed by atoms with Gasteiger partial charge in [0.2, 0.25) is 0 Å². The molecule has 2 nitrogen and oxygen atoms in total. The van der Waals surface area contributed by atoms with Crippen molar-refractivity contribution in [2.24, 2.45) is 0 Å². The first-order chi connectivity index (χ1) is 7.58. The maximum atomic E-state index is 12.1. The second kappa shape index (κ2) is 4.88. The van der Waals surface area contributed by atoms with E-state index in [9.17, 15) is 4.79 Å². The van der Waals surface area contributed by atoms with Crippen LogP contribution in [0.1, 0.15) is 22.3 Å². The average Bonchev–Trinajstić information content (AvgIpc) is 2.68. The maximum Gasteiger partial charge on any atom is 0.253 e. The van der Waals surface area contributed by atoms with Crippen molar-refractivity contribution in [1.82, 2.24) is 4.90 Å². The Hall–Kier alpha value is -0.350. The Morgan fingerprint density at radius 1 is 1.50 bits per heavy atom. The fourth-order valence-corrected chi connectivity index (χ4v) is 2.74. The van der Waals surface area contributed by atoms with Crippen molar-refractivity contribution in [1.29, 1.82) is 0 Å². The van der Waals surface area contributed by atoms with Gasteiger partial charge in [-0.25, -0.2) is 0 Å². The maximum absolute atomic E-state index is 12.1. The molecule has 1 aromatic rings. The molecule has 0 saturated carbocycles. The number of nitrogens with zero attached hydrogens (tertiary/aromatic N) is 1. The minimum Gasteiger partial charge on any atom is -0.337 e. The predicted octanol–water partition coefficient (Wildman–Crippen LogP) is 3.37. The number of carbonyl (C=O) groups excluding carboxylic acids is 1. The summed E-state index contributed by atoms with van der Waals surface area (Å²) in [5.41, 5.74) is 1.91. The van der Waals surface area contributed by atoms with E-state index in [0.29, 0.717) is 4.83 Å². The monoisotopic (exact) mass is 345 g/mol. The van der Waals surface area contributed by atoms with Crippen LogP contribution in [0.25, 0.3) is 0 Å². The molecule has 86 valence electrons. The number of alkyl halides is 1. The highest BCUT2D eigenvalue weighted by Gasteiger charge is 2.25. The molecule has 1 atom stereocenters. The molecule has 4 heteroatoms. The van der Waals surface area contributed by atoms with Crippen LogP contribution < -0.4 is 0 Å². The van der Waals surface area contributed by atoms with E-state index in [0.717, 1.165) is 35.1 Å². The van der Waals surface area contributed by atoms with Crippen LogP contribution in [0.2, 0.25) is 0 Å². The highest BCUT2D eigenvalue weighted by Crippen LogP contribution is 2.22. The van der Waals surface area contributed by atoms with Gasteiger partial charge in [0.25, 0.3) is 5.91 Å². The van der Waals surface area contributed by atoms with E-state index in [1.54, 1.807) is 0 Å². The van der Waals surface area contributed by atoms with Crippen LogP contribution in [0.4, 0.5) is 0 Å². The van der Waals surface area contributed by atoms with Gasteiger partial charge in [-0.15, -0.1) is 0 Å². The lowest BCUT2D eigenvalue weighted by atomic mass is 10.1. The van der Waals surface area contributed by atoms with Crippen LogP contribution in [0, 0.1) is 6.92 Å². The molecule has 0 radical (unpaired) electrons. The molecule has 2 rings (SSSR count). The predicted molar refractivity (Wildman–Crippen MR) is 72.1 cm³/mol. The third kappa shape index (κ3) is 2.48. The van der Waals surface area contributed by atoms with E-state index in [-0.39, 0.29) is 5.91 Å². The summed E-state index contributed by atoms with van der Waals surface area (Å²) in [5.74, 6) is 0.127. The lowest BCUT2D eigenvalue weighted by molar-refractivity contribution is 0.0793. The first kappa shape index (κ1) is 12.1. The Labute approximate surface area is 112 Å². The van der Waals surface area contributed by atoms with Crippen LogP contribution in [0.15, 0.2) is 22.7 Å². The average molecular weight is 347 g/mol. The summed E-state index contributed by atoms with van der Waals surface area (Å²) in [4.78, 5) is 14.5. The van der Waals surface area contributed by atoms with Crippen molar-refractivity contribution in [2.75, 3.05) is 13.1 Å². The SMILES string of the molecule is Cc1ccc(C(=O)N2CCC(Br)C2)cc1Br. The van der Waals surface area contributed by atoms with Gasteiger partial charge in [-0.2, -0.15) is 0 Å². The van der Waals surface area contributed by atoms with Gasteiger partial charge in [0.1, 0.15) is 0 Å². The van der Waals surface area contributed by atoms with Gasteiger partial charge in [0.15, 0.2) is 0 Å². The van der Waals surface area contributed by atoms with Gasteiger partial charge < -0.3 is 4.90 Å². The van der Waals surface area contributed by atoms with E-state index in [2.05, 4.69) is 31.9 Å². The Kier molecular flexibility index (Phi) is 3.70. The van der Waals surface area contributed by atoms with Crippen LogP contribution in [-0.4, -0.2) is 28.7 Å². The fourth-order valence-electron chi connectivity index (χ4n) is 1.81. The second-order valence-corrected chi connectivity index (χ2v) is 6.25. The van der Waals surface area contributed by atoms with Crippen LogP contribution in [0.5, 0.6) is 0 Å². The number of rotatable bonds is 1. The summed E-state index contributed by atoms with van der Waals surface area (Å²) in [5, 5.41) is 0. The topological polar surface area (TPSA) is 20.3 Å². The van der Waals surface area contributed by atoms with Gasteiger partial charge in [0, 0.05) is 28.0 Å². The summed E-state index contributed by atoms with van der Waals surface area (Å²) in [7, 11) is 0. The van der Waals surface area contributed by atoms with Crippen LogP contribution >= 0.6 is 31.9 Å². The molecule has 0 bridgehead atoms. The lowest BCUT2D eigenvalue weighted by Crippen LogP contribution is -2.28. The summed E-state index contributed by atoms with van der Waals surface area (Å²) >= 11 is 7.00. The zero-order valence-corrected chi connectivity index (χ0v) is 12.2. The Balaban J connectivity index is 2.18. The molecule has 1 aliphatic heterocycles. The molecule has 1 heterocycles. The Morgan fingerprint density at radius 3 is 2.81 bits per heavy atom. The number of hydrogen-bond acceptors (Lipinski definition) is 1. The van der Waals surface area contributed by atoms with Crippen molar-refractivity contribution in [3.8, 4) is 0 Å².